The average molecular weight is 436 g/mol. The quantitative estimate of drug-likeness (QED) is 0.744. The minimum atomic E-state index is -1.19. The molecule has 2 aliphatic rings. The Morgan fingerprint density at radius 2 is 1.84 bits per heavy atom. The predicted molar refractivity (Wildman–Crippen MR) is 102 cm³/mol. The van der Waals surface area contributed by atoms with Crippen LogP contribution >= 0.6 is 0 Å². The molecule has 2 aromatic rings. The lowest BCUT2D eigenvalue weighted by Gasteiger charge is -2.34. The van der Waals surface area contributed by atoms with Crippen LogP contribution in [0, 0.1) is 17.5 Å². The summed E-state index contributed by atoms with van der Waals surface area (Å²) in [6.07, 6.45) is 1.18. The van der Waals surface area contributed by atoms with E-state index in [4.69, 9.17) is 0 Å². The van der Waals surface area contributed by atoms with E-state index in [1.54, 1.807) is 4.90 Å². The first-order chi connectivity index (χ1) is 14.7. The summed E-state index contributed by atoms with van der Waals surface area (Å²) < 4.78 is 42.1. The minimum Gasteiger partial charge on any atom is -0.503 e. The number of nitrogens with zero attached hydrogens (tertiary/aromatic N) is 3. The van der Waals surface area contributed by atoms with E-state index in [1.807, 2.05) is 11.9 Å². The number of carbonyl (C=O) groups excluding carboxylic acids is 2. The molecule has 1 fully saturated rings. The molecule has 2 amide bonds. The highest BCUT2D eigenvalue weighted by Gasteiger charge is 2.37. The molecule has 8 nitrogen and oxygen atoms in total. The molecule has 1 aromatic carbocycles. The fourth-order valence-electron chi connectivity index (χ4n) is 3.94. The van der Waals surface area contributed by atoms with Gasteiger partial charge in [0, 0.05) is 56.6 Å². The van der Waals surface area contributed by atoms with Crippen LogP contribution in [0.4, 0.5) is 13.2 Å². The van der Waals surface area contributed by atoms with Gasteiger partial charge in [-0.15, -0.1) is 0 Å². The lowest BCUT2D eigenvalue weighted by molar-refractivity contribution is 0.0685. The molecular formula is C20H19F3N4O4. The van der Waals surface area contributed by atoms with E-state index in [-0.39, 0.29) is 11.7 Å². The van der Waals surface area contributed by atoms with E-state index in [1.165, 1.54) is 10.8 Å². The van der Waals surface area contributed by atoms with Gasteiger partial charge in [-0.2, -0.15) is 0 Å². The lowest BCUT2D eigenvalue weighted by atomic mass is 10.1. The molecule has 164 valence electrons. The molecule has 4 rings (SSSR count). The van der Waals surface area contributed by atoms with Crippen molar-refractivity contribution in [2.45, 2.75) is 12.6 Å². The van der Waals surface area contributed by atoms with Gasteiger partial charge in [0.2, 0.25) is 5.43 Å². The third-order valence-electron chi connectivity index (χ3n) is 5.57. The van der Waals surface area contributed by atoms with Crippen LogP contribution in [-0.2, 0) is 6.54 Å². The van der Waals surface area contributed by atoms with Gasteiger partial charge in [0.05, 0.1) is 6.04 Å². The average Bonchev–Trinajstić information content (AvgIpc) is 2.87. The number of likely N-dealkylation sites (N-methyl/N-ethyl adjacent to an activating group) is 1. The number of fused-ring (bicyclic) bond motifs is 4. The third kappa shape index (κ3) is 3.65. The summed E-state index contributed by atoms with van der Waals surface area (Å²) in [5.74, 6) is -5.82. The molecule has 0 radical (unpaired) electrons. The monoisotopic (exact) mass is 436 g/mol. The number of aromatic nitrogens is 1. The zero-order chi connectivity index (χ0) is 22.4. The molecule has 2 bridgehead atoms. The molecule has 2 N–H and O–H groups in total. The number of halogens is 3. The standard InChI is InChI=1S/C20H19F3N4O4/c1-25-2-3-26-8-11(7-25)27-9-13(17(28)18(29)16(27)20(26)31)19(30)24-6-12-14(22)4-10(21)5-15(12)23/h4-5,9,11,29H,2-3,6-8H2,1H3,(H,24,30). The predicted octanol–water partition coefficient (Wildman–Crippen LogP) is 0.843. The Kier molecular flexibility index (Phi) is 5.21. The maximum atomic E-state index is 13.8. The van der Waals surface area contributed by atoms with Crippen molar-refractivity contribution in [2.75, 3.05) is 33.2 Å². The molecule has 1 aromatic heterocycles. The van der Waals surface area contributed by atoms with E-state index in [2.05, 4.69) is 5.32 Å². The first-order valence-electron chi connectivity index (χ1n) is 9.55. The summed E-state index contributed by atoms with van der Waals surface area (Å²) in [5.41, 5.74) is -2.31. The van der Waals surface area contributed by atoms with Crippen molar-refractivity contribution in [1.29, 1.82) is 0 Å². The van der Waals surface area contributed by atoms with Gasteiger partial charge in [-0.05, 0) is 7.05 Å². The van der Waals surface area contributed by atoms with Crippen LogP contribution < -0.4 is 10.7 Å². The first-order valence-corrected chi connectivity index (χ1v) is 9.55. The fraction of sp³-hybridized carbons (Fsp3) is 0.350. The van der Waals surface area contributed by atoms with Gasteiger partial charge in [-0.3, -0.25) is 14.4 Å². The lowest BCUT2D eigenvalue weighted by Crippen LogP contribution is -2.45. The Morgan fingerprint density at radius 1 is 1.16 bits per heavy atom. The van der Waals surface area contributed by atoms with Gasteiger partial charge in [0.15, 0.2) is 11.4 Å². The van der Waals surface area contributed by atoms with E-state index in [9.17, 15) is 32.7 Å². The van der Waals surface area contributed by atoms with Crippen LogP contribution in [0.2, 0.25) is 0 Å². The second-order valence-corrected chi connectivity index (χ2v) is 7.67. The number of pyridine rings is 1. The van der Waals surface area contributed by atoms with Gasteiger partial charge in [-0.1, -0.05) is 0 Å². The molecule has 3 heterocycles. The van der Waals surface area contributed by atoms with Crippen molar-refractivity contribution in [2.24, 2.45) is 0 Å². The van der Waals surface area contributed by atoms with Gasteiger partial charge in [0.25, 0.3) is 11.8 Å². The molecule has 1 saturated heterocycles. The zero-order valence-corrected chi connectivity index (χ0v) is 16.5. The second-order valence-electron chi connectivity index (χ2n) is 7.67. The van der Waals surface area contributed by atoms with Crippen molar-refractivity contribution in [3.63, 3.8) is 0 Å². The maximum absolute atomic E-state index is 13.8. The summed E-state index contributed by atoms with van der Waals surface area (Å²) in [6, 6.07) is 0.652. The number of nitrogens with one attached hydrogen (secondary N) is 1. The normalized spacial score (nSPS) is 18.5. The largest absolute Gasteiger partial charge is 0.503 e. The van der Waals surface area contributed by atoms with Crippen LogP contribution in [0.5, 0.6) is 5.75 Å². The summed E-state index contributed by atoms with van der Waals surface area (Å²) in [7, 11) is 1.87. The number of benzene rings is 1. The minimum absolute atomic E-state index is 0.191. The van der Waals surface area contributed by atoms with Crippen LogP contribution in [0.1, 0.15) is 32.5 Å². The van der Waals surface area contributed by atoms with Gasteiger partial charge in [0.1, 0.15) is 23.0 Å². The van der Waals surface area contributed by atoms with Crippen LogP contribution in [0.15, 0.2) is 23.1 Å². The summed E-state index contributed by atoms with van der Waals surface area (Å²) in [4.78, 5) is 41.4. The Labute approximate surface area is 174 Å². The molecule has 0 spiro atoms. The van der Waals surface area contributed by atoms with E-state index >= 15 is 0 Å². The summed E-state index contributed by atoms with van der Waals surface area (Å²) in [6.45, 7) is 1.29. The molecule has 1 atom stereocenters. The summed E-state index contributed by atoms with van der Waals surface area (Å²) in [5, 5.41) is 12.6. The molecule has 2 aliphatic heterocycles. The van der Waals surface area contributed by atoms with Crippen LogP contribution in [0.25, 0.3) is 0 Å². The Morgan fingerprint density at radius 3 is 2.52 bits per heavy atom. The van der Waals surface area contributed by atoms with Gasteiger partial charge >= 0.3 is 0 Å². The summed E-state index contributed by atoms with van der Waals surface area (Å²) >= 11 is 0. The molecule has 11 heteroatoms. The number of hydrogen-bond acceptors (Lipinski definition) is 5. The molecule has 31 heavy (non-hydrogen) atoms. The first kappa shape index (κ1) is 20.9. The zero-order valence-electron chi connectivity index (χ0n) is 16.5. The number of aromatic hydroxyl groups is 1. The SMILES string of the molecule is CN1CCN2CC(C1)n1cc(C(=O)NCc3c(F)cc(F)cc3F)c(=O)c(O)c1C2=O. The van der Waals surface area contributed by atoms with Crippen molar-refractivity contribution >= 4 is 11.8 Å². The number of hydrogen-bond donors (Lipinski definition) is 2. The van der Waals surface area contributed by atoms with Gasteiger partial charge in [-0.25, -0.2) is 13.2 Å². The van der Waals surface area contributed by atoms with Crippen molar-refractivity contribution in [3.8, 4) is 5.75 Å². The maximum Gasteiger partial charge on any atom is 0.274 e. The third-order valence-corrected chi connectivity index (χ3v) is 5.57. The van der Waals surface area contributed by atoms with Gasteiger partial charge < -0.3 is 24.8 Å². The number of amides is 2. The molecule has 0 saturated carbocycles. The topological polar surface area (TPSA) is 94.9 Å². The van der Waals surface area contributed by atoms with E-state index in [0.29, 0.717) is 38.3 Å². The van der Waals surface area contributed by atoms with Crippen molar-refractivity contribution in [1.82, 2.24) is 19.7 Å². The smallest absolute Gasteiger partial charge is 0.274 e. The second kappa shape index (κ2) is 7.73. The Bertz CT molecular complexity index is 1130. The van der Waals surface area contributed by atoms with E-state index in [0.717, 1.165) is 0 Å². The number of carbonyl (C=O) groups is 2. The highest BCUT2D eigenvalue weighted by atomic mass is 19.1. The molecule has 1 unspecified atom stereocenters. The van der Waals surface area contributed by atoms with Crippen molar-refractivity contribution in [3.05, 3.63) is 62.8 Å². The highest BCUT2D eigenvalue weighted by Crippen LogP contribution is 2.28. The van der Waals surface area contributed by atoms with Crippen LogP contribution in [0.3, 0.4) is 0 Å². The highest BCUT2D eigenvalue weighted by molar-refractivity contribution is 5.99. The fourth-order valence-corrected chi connectivity index (χ4v) is 3.94. The number of rotatable bonds is 3. The van der Waals surface area contributed by atoms with Crippen LogP contribution in [-0.4, -0.2) is 64.5 Å². The Balaban J connectivity index is 1.68. The molecular weight excluding hydrogens is 417 g/mol. The molecule has 0 aliphatic carbocycles. The van der Waals surface area contributed by atoms with Crippen molar-refractivity contribution < 1.29 is 27.9 Å². The van der Waals surface area contributed by atoms with E-state index < -0.39 is 58.1 Å². The Hall–Kier alpha value is -3.34.